The lowest BCUT2D eigenvalue weighted by atomic mass is 10.0. The molecule has 1 saturated heterocycles. The van der Waals surface area contributed by atoms with Crippen LogP contribution in [0.3, 0.4) is 0 Å². The third kappa shape index (κ3) is 7.63. The van der Waals surface area contributed by atoms with Crippen LogP contribution >= 0.6 is 0 Å². The van der Waals surface area contributed by atoms with E-state index in [1.165, 1.54) is 6.33 Å². The summed E-state index contributed by atoms with van der Waals surface area (Å²) in [5.74, 6) is 1.64. The van der Waals surface area contributed by atoms with Gasteiger partial charge in [0.05, 0.1) is 31.0 Å². The van der Waals surface area contributed by atoms with E-state index in [1.54, 1.807) is 37.6 Å². The molecule has 59 heavy (non-hydrogen) atoms. The van der Waals surface area contributed by atoms with Crippen molar-refractivity contribution in [3.8, 4) is 22.8 Å². The maximum absolute atomic E-state index is 13.6. The minimum absolute atomic E-state index is 0.0141. The molecule has 6 aromatic rings. The molecule has 0 unspecified atom stereocenters. The van der Waals surface area contributed by atoms with Crippen molar-refractivity contribution in [3.63, 3.8) is 0 Å². The van der Waals surface area contributed by atoms with Crippen LogP contribution in [0.5, 0.6) is 11.5 Å². The van der Waals surface area contributed by atoms with Gasteiger partial charge in [0.25, 0.3) is 0 Å². The number of benzene rings is 1. The van der Waals surface area contributed by atoms with Gasteiger partial charge in [0, 0.05) is 67.5 Å². The number of pyridine rings is 1. The highest BCUT2D eigenvalue weighted by Gasteiger charge is 2.66. The van der Waals surface area contributed by atoms with Crippen molar-refractivity contribution >= 4 is 46.2 Å². The van der Waals surface area contributed by atoms with Crippen molar-refractivity contribution < 1.29 is 41.5 Å². The number of aromatic nitrogens is 6. The summed E-state index contributed by atoms with van der Waals surface area (Å²) >= 11 is 0. The Hall–Kier alpha value is -6.53. The molecule has 0 spiro atoms. The normalized spacial score (nSPS) is 15.6. The maximum Gasteiger partial charge on any atom is 0.410 e. The standard InChI is InChI=1S/C40H43F3N10O6/c1-38(2,3)58-37(55)51-15-10-24(11-16-51)53-21-26(32-33(46-22-47-35(32)53)45-20-23-6-7-25(56-4)18-29(23)57-5)28-9-8-27(34-44-14-17-52(28)34)48-36(54)49-31-19-30(50-59-31)39(12-13-39)40(41,42)43/h6-9,14,17-19,21-22,24H,10-13,15-16,20H2,1-5H3,(H,45,46,47)(H2,48,49,54). The largest absolute Gasteiger partial charge is 0.497 e. The van der Waals surface area contributed by atoms with E-state index in [0.29, 0.717) is 72.5 Å². The van der Waals surface area contributed by atoms with E-state index in [9.17, 15) is 22.8 Å². The molecule has 1 aromatic carbocycles. The smallest absolute Gasteiger partial charge is 0.410 e. The van der Waals surface area contributed by atoms with Crippen molar-refractivity contribution in [2.45, 2.75) is 76.2 Å². The fourth-order valence-electron chi connectivity index (χ4n) is 7.49. The van der Waals surface area contributed by atoms with Crippen molar-refractivity contribution in [2.24, 2.45) is 0 Å². The van der Waals surface area contributed by atoms with E-state index < -0.39 is 23.2 Å². The topological polar surface area (TPSA) is 175 Å². The zero-order valence-electron chi connectivity index (χ0n) is 33.0. The van der Waals surface area contributed by atoms with Gasteiger partial charge in [-0.1, -0.05) is 5.16 Å². The van der Waals surface area contributed by atoms with Gasteiger partial charge < -0.3 is 38.8 Å². The number of carbonyl (C=O) groups excluding carboxylic acids is 2. The number of fused-ring (bicyclic) bond motifs is 2. The molecule has 0 atom stereocenters. The Bertz CT molecular complexity index is 2530. The number of amides is 3. The lowest BCUT2D eigenvalue weighted by Gasteiger charge is -2.34. The van der Waals surface area contributed by atoms with Gasteiger partial charge in [-0.25, -0.2) is 24.5 Å². The van der Waals surface area contributed by atoms with Gasteiger partial charge in [-0.2, -0.15) is 13.2 Å². The number of carbonyl (C=O) groups is 2. The minimum Gasteiger partial charge on any atom is -0.497 e. The SMILES string of the molecule is COc1ccc(CNc2ncnc3c2c(-c2ccc(NC(=O)Nc4cc(C5(C(F)(F)F)CC5)no4)c4nccn24)cn3C2CCN(C(=O)OC(C)(C)C)CC2)c(OC)c1. The molecule has 1 saturated carbocycles. The number of halogens is 3. The fraction of sp³-hybridized carbons (Fsp3) is 0.400. The molecule has 5 aromatic heterocycles. The highest BCUT2D eigenvalue weighted by atomic mass is 19.4. The molecule has 2 aliphatic rings. The van der Waals surface area contributed by atoms with Crippen LogP contribution in [-0.4, -0.2) is 85.2 Å². The molecule has 0 radical (unpaired) electrons. The van der Waals surface area contributed by atoms with Crippen LogP contribution in [0, 0.1) is 0 Å². The summed E-state index contributed by atoms with van der Waals surface area (Å²) in [5.41, 5.74) is 0.817. The summed E-state index contributed by atoms with van der Waals surface area (Å²) in [6, 6.07) is 9.42. The van der Waals surface area contributed by atoms with Crippen molar-refractivity contribution in [3.05, 3.63) is 72.6 Å². The molecule has 19 heteroatoms. The Morgan fingerprint density at radius 3 is 2.44 bits per heavy atom. The molecular weight excluding hydrogens is 773 g/mol. The van der Waals surface area contributed by atoms with Gasteiger partial charge >= 0.3 is 18.3 Å². The van der Waals surface area contributed by atoms with E-state index in [4.69, 9.17) is 23.7 Å². The average Bonchev–Trinajstić information content (AvgIpc) is 3.48. The number of anilines is 3. The first kappa shape index (κ1) is 39.3. The van der Waals surface area contributed by atoms with Gasteiger partial charge in [-0.15, -0.1) is 0 Å². The number of ether oxygens (including phenoxy) is 3. The van der Waals surface area contributed by atoms with Crippen LogP contribution in [0.2, 0.25) is 0 Å². The summed E-state index contributed by atoms with van der Waals surface area (Å²) in [4.78, 5) is 41.7. The first-order valence-corrected chi connectivity index (χ1v) is 19.0. The van der Waals surface area contributed by atoms with Crippen LogP contribution in [-0.2, 0) is 16.7 Å². The summed E-state index contributed by atoms with van der Waals surface area (Å²) in [7, 11) is 3.19. The number of hydrogen-bond acceptors (Lipinski definition) is 11. The number of nitrogens with one attached hydrogen (secondary N) is 3. The summed E-state index contributed by atoms with van der Waals surface area (Å²) in [5, 5.41) is 13.0. The average molecular weight is 817 g/mol. The zero-order chi connectivity index (χ0) is 41.7. The number of nitrogens with zero attached hydrogens (tertiary/aromatic N) is 7. The molecule has 1 aliphatic carbocycles. The molecule has 1 aliphatic heterocycles. The van der Waals surface area contributed by atoms with Crippen LogP contribution in [0.4, 0.5) is 40.1 Å². The second-order valence-electron chi connectivity index (χ2n) is 15.6. The van der Waals surface area contributed by atoms with Crippen molar-refractivity contribution in [1.29, 1.82) is 0 Å². The number of likely N-dealkylation sites (tertiary alicyclic amines) is 1. The number of urea groups is 1. The van der Waals surface area contributed by atoms with Crippen LogP contribution in [0.25, 0.3) is 27.9 Å². The Balaban J connectivity index is 1.11. The number of rotatable bonds is 10. The molecule has 0 bridgehead atoms. The van der Waals surface area contributed by atoms with Crippen LogP contribution < -0.4 is 25.4 Å². The van der Waals surface area contributed by atoms with E-state index in [-0.39, 0.29) is 36.6 Å². The first-order chi connectivity index (χ1) is 28.2. The third-order valence-corrected chi connectivity index (χ3v) is 10.7. The van der Waals surface area contributed by atoms with Crippen LogP contribution in [0.1, 0.15) is 63.8 Å². The van der Waals surface area contributed by atoms with Gasteiger partial charge in [0.15, 0.2) is 5.65 Å². The minimum atomic E-state index is -4.48. The summed E-state index contributed by atoms with van der Waals surface area (Å²) in [6.45, 7) is 6.88. The predicted octanol–water partition coefficient (Wildman–Crippen LogP) is 8.17. The number of imidazole rings is 1. The molecule has 310 valence electrons. The second-order valence-corrected chi connectivity index (χ2v) is 15.6. The van der Waals surface area contributed by atoms with E-state index in [0.717, 1.165) is 22.6 Å². The lowest BCUT2D eigenvalue weighted by Crippen LogP contribution is -2.42. The number of alkyl halides is 3. The molecule has 3 N–H and O–H groups in total. The Morgan fingerprint density at radius 1 is 0.966 bits per heavy atom. The molecule has 3 amide bonds. The van der Waals surface area contributed by atoms with Gasteiger partial charge in [-0.3, -0.25) is 9.72 Å². The van der Waals surface area contributed by atoms with Gasteiger partial charge in [-0.05, 0) is 70.7 Å². The van der Waals surface area contributed by atoms with E-state index >= 15 is 0 Å². The molecule has 8 rings (SSSR count). The van der Waals surface area contributed by atoms with Gasteiger partial charge in [0.1, 0.15) is 46.0 Å². The zero-order valence-corrected chi connectivity index (χ0v) is 33.0. The molecule has 2 fully saturated rings. The van der Waals surface area contributed by atoms with Gasteiger partial charge in [0.2, 0.25) is 5.88 Å². The summed E-state index contributed by atoms with van der Waals surface area (Å²) < 4.78 is 66.6. The highest BCUT2D eigenvalue weighted by molar-refractivity contribution is 6.03. The van der Waals surface area contributed by atoms with Crippen LogP contribution in [0.15, 0.2) is 65.8 Å². The fourth-order valence-corrected chi connectivity index (χ4v) is 7.49. The predicted molar refractivity (Wildman–Crippen MR) is 211 cm³/mol. The monoisotopic (exact) mass is 816 g/mol. The second kappa shape index (κ2) is 15.0. The number of piperidine rings is 1. The van der Waals surface area contributed by atoms with Crippen molar-refractivity contribution in [1.82, 2.24) is 34.0 Å². The van der Waals surface area contributed by atoms with E-state index in [1.807, 2.05) is 55.6 Å². The lowest BCUT2D eigenvalue weighted by molar-refractivity contribution is -0.161. The number of methoxy groups -OCH3 is 2. The third-order valence-electron chi connectivity index (χ3n) is 10.7. The Kier molecular flexibility index (Phi) is 10.00. The first-order valence-electron chi connectivity index (χ1n) is 19.0. The molecule has 6 heterocycles. The van der Waals surface area contributed by atoms with Crippen molar-refractivity contribution in [2.75, 3.05) is 43.3 Å². The quantitative estimate of drug-likeness (QED) is 0.122. The molecule has 16 nitrogen and oxygen atoms in total. The Morgan fingerprint density at radius 2 is 1.75 bits per heavy atom. The van der Waals surface area contributed by atoms with E-state index in [2.05, 4.69) is 35.6 Å². The summed E-state index contributed by atoms with van der Waals surface area (Å²) in [6.07, 6.45) is 3.18. The number of hydrogen-bond donors (Lipinski definition) is 3. The Labute approximate surface area is 336 Å². The molecular formula is C40H43F3N10O6. The highest BCUT2D eigenvalue weighted by Crippen LogP contribution is 2.58. The maximum atomic E-state index is 13.6.